The van der Waals surface area contributed by atoms with Crippen molar-refractivity contribution in [3.8, 4) is 28.4 Å². The van der Waals surface area contributed by atoms with Crippen LogP contribution in [0.2, 0.25) is 0 Å². The first-order valence-corrected chi connectivity index (χ1v) is 24.1. The zero-order valence-corrected chi connectivity index (χ0v) is 44.2. The van der Waals surface area contributed by atoms with E-state index in [4.69, 9.17) is 9.72 Å². The minimum Gasteiger partial charge on any atom is -0.509 e. The standard InChI is InChI=1S/C64H61N4O.Pt/c1-61(2,3)48-27-20-28-51(37-48)66-42-59(62(4,5)6)67(43-66)52-35-45(44-21-14-11-15-22-44)36-54(40-52)69-53-30-31-55-56-38-49(63(7,8)46-23-16-12-17-24-46)29-32-57(56)68(58(55)41-53)60-39-50(33-34-65-60)64(9,10)47-25-18-13-19-26-47;/h11-39,42-43H,1-10H3;/q-3;. The number of allylic oxidation sites excluding steroid dienone is 1. The van der Waals surface area contributed by atoms with E-state index in [2.05, 4.69) is 272 Å². The number of fused-ring (bicyclic) bond motifs is 3. The Morgan fingerprint density at radius 1 is 0.500 bits per heavy atom. The first-order valence-electron chi connectivity index (χ1n) is 24.1. The topological polar surface area (TPSA) is 33.5 Å². The Balaban J connectivity index is 0.00000608. The van der Waals surface area contributed by atoms with Crippen LogP contribution in [0, 0.1) is 24.2 Å². The van der Waals surface area contributed by atoms with Gasteiger partial charge in [0, 0.05) is 71.9 Å². The van der Waals surface area contributed by atoms with Crippen molar-refractivity contribution in [3.05, 3.63) is 235 Å². The molecule has 1 aliphatic rings. The molecule has 0 N–H and O–H groups in total. The normalized spacial score (nSPS) is 13.4. The van der Waals surface area contributed by atoms with Gasteiger partial charge in [-0.3, -0.25) is 0 Å². The second-order valence-electron chi connectivity index (χ2n) is 21.6. The van der Waals surface area contributed by atoms with Crippen molar-refractivity contribution in [2.45, 2.75) is 85.5 Å². The Labute approximate surface area is 429 Å². The molecular formula is C64H61N4OPt-3. The molecule has 6 heteroatoms. The van der Waals surface area contributed by atoms with Crippen LogP contribution in [0.4, 0.5) is 11.4 Å². The van der Waals surface area contributed by atoms with Gasteiger partial charge in [-0.15, -0.1) is 53.6 Å². The molecule has 0 atom stereocenters. The van der Waals surface area contributed by atoms with Gasteiger partial charge in [0.05, 0.1) is 0 Å². The third-order valence-corrected chi connectivity index (χ3v) is 14.0. The van der Waals surface area contributed by atoms with Crippen molar-refractivity contribution in [2.75, 3.05) is 9.80 Å². The summed E-state index contributed by atoms with van der Waals surface area (Å²) in [4.78, 5) is 9.57. The maximum atomic E-state index is 6.97. The molecule has 7 aromatic carbocycles. The molecule has 0 saturated carbocycles. The fourth-order valence-corrected chi connectivity index (χ4v) is 9.65. The number of ether oxygens (including phenoxy) is 1. The first kappa shape index (κ1) is 48.3. The second kappa shape index (κ2) is 18.6. The van der Waals surface area contributed by atoms with Crippen LogP contribution in [-0.2, 0) is 37.3 Å². The molecule has 5 nitrogen and oxygen atoms in total. The summed E-state index contributed by atoms with van der Waals surface area (Å²) in [5, 5.41) is 2.20. The number of hydrogen-bond acceptors (Lipinski definition) is 4. The largest absolute Gasteiger partial charge is 0.509 e. The third-order valence-electron chi connectivity index (χ3n) is 14.0. The molecule has 0 bridgehead atoms. The van der Waals surface area contributed by atoms with E-state index >= 15 is 0 Å². The number of pyridine rings is 1. The summed E-state index contributed by atoms with van der Waals surface area (Å²) in [5.74, 6) is 2.00. The number of hydrogen-bond donors (Lipinski definition) is 0. The van der Waals surface area contributed by atoms with Crippen molar-refractivity contribution in [1.29, 1.82) is 0 Å². The molecule has 0 aliphatic carbocycles. The molecular weight excluding hydrogens is 1040 g/mol. The van der Waals surface area contributed by atoms with Crippen LogP contribution in [-0.4, -0.2) is 9.55 Å². The van der Waals surface area contributed by atoms with E-state index in [9.17, 15) is 0 Å². The maximum absolute atomic E-state index is 6.97. The predicted molar refractivity (Wildman–Crippen MR) is 287 cm³/mol. The Bertz CT molecular complexity index is 3360. The number of aromatic nitrogens is 2. The molecule has 10 rings (SSSR count). The van der Waals surface area contributed by atoms with Crippen molar-refractivity contribution >= 4 is 33.2 Å². The van der Waals surface area contributed by atoms with Crippen LogP contribution in [0.25, 0.3) is 38.8 Å². The van der Waals surface area contributed by atoms with Crippen molar-refractivity contribution in [1.82, 2.24) is 9.55 Å². The Kier molecular flexibility index (Phi) is 12.8. The van der Waals surface area contributed by atoms with Gasteiger partial charge in [-0.25, -0.2) is 4.98 Å². The van der Waals surface area contributed by atoms with Gasteiger partial charge in [0.25, 0.3) is 0 Å². The minimum absolute atomic E-state index is 0. The summed E-state index contributed by atoms with van der Waals surface area (Å²) in [6.07, 6.45) is 4.19. The molecule has 0 spiro atoms. The number of rotatable bonds is 10. The van der Waals surface area contributed by atoms with Gasteiger partial charge in [-0.1, -0.05) is 190 Å². The van der Waals surface area contributed by atoms with Crippen LogP contribution < -0.4 is 14.5 Å². The minimum atomic E-state index is -0.262. The smallest absolute Gasteiger partial charge is 0.135 e. The quantitative estimate of drug-likeness (QED) is 0.128. The van der Waals surface area contributed by atoms with Crippen LogP contribution in [0.3, 0.4) is 0 Å². The molecule has 0 saturated heterocycles. The third kappa shape index (κ3) is 9.25. The summed E-state index contributed by atoms with van der Waals surface area (Å²) < 4.78 is 9.22. The van der Waals surface area contributed by atoms with Gasteiger partial charge in [-0.2, -0.15) is 6.07 Å². The SMILES string of the molecule is CC(C)(C)C1=CN(c2cccc(C(C)(C)C)c2)[CH-]N1c1[c-]c(Oc2[c-]c3c(cc2)c2cc(C(C)(C)c4ccccc4)ccc2n3-c2cc(C(C)(C)c3ccccc3)ccn2)cc(-c2ccccc2)c1.[Pt]. The fourth-order valence-electron chi connectivity index (χ4n) is 9.65. The van der Waals surface area contributed by atoms with E-state index in [0.717, 1.165) is 55.8 Å². The van der Waals surface area contributed by atoms with Crippen molar-refractivity contribution in [2.24, 2.45) is 5.41 Å². The number of benzene rings is 7. The van der Waals surface area contributed by atoms with E-state index in [1.807, 2.05) is 12.3 Å². The average Bonchev–Trinajstić information content (AvgIpc) is 3.95. The monoisotopic (exact) mass is 1100 g/mol. The fraction of sp³-hybridized carbons (Fsp3) is 0.219. The van der Waals surface area contributed by atoms with E-state index in [0.29, 0.717) is 11.5 Å². The molecule has 0 fully saturated rings. The molecule has 1 aliphatic heterocycles. The summed E-state index contributed by atoms with van der Waals surface area (Å²) in [6.45, 7) is 24.9. The summed E-state index contributed by atoms with van der Waals surface area (Å²) in [5.41, 5.74) is 12.7. The molecule has 2 aromatic heterocycles. The van der Waals surface area contributed by atoms with Gasteiger partial charge in [-0.05, 0) is 80.7 Å². The van der Waals surface area contributed by atoms with E-state index in [1.165, 1.54) is 27.8 Å². The molecule has 0 amide bonds. The van der Waals surface area contributed by atoms with Crippen LogP contribution in [0.5, 0.6) is 11.5 Å². The van der Waals surface area contributed by atoms with Crippen LogP contribution in [0.1, 0.15) is 97.1 Å². The van der Waals surface area contributed by atoms with E-state index in [-0.39, 0.29) is 42.7 Å². The molecule has 9 aromatic rings. The van der Waals surface area contributed by atoms with Gasteiger partial charge < -0.3 is 19.1 Å². The molecule has 0 radical (unpaired) electrons. The van der Waals surface area contributed by atoms with Gasteiger partial charge in [0.15, 0.2) is 0 Å². The van der Waals surface area contributed by atoms with Crippen LogP contribution in [0.15, 0.2) is 188 Å². The molecule has 356 valence electrons. The molecule has 0 unspecified atom stereocenters. The summed E-state index contributed by atoms with van der Waals surface area (Å²) in [7, 11) is 0. The molecule has 70 heavy (non-hydrogen) atoms. The second-order valence-corrected chi connectivity index (χ2v) is 21.6. The summed E-state index contributed by atoms with van der Waals surface area (Å²) in [6, 6.07) is 68.0. The van der Waals surface area contributed by atoms with E-state index < -0.39 is 0 Å². The summed E-state index contributed by atoms with van der Waals surface area (Å²) >= 11 is 0. The molecule has 3 heterocycles. The van der Waals surface area contributed by atoms with Gasteiger partial charge in [0.2, 0.25) is 0 Å². The Morgan fingerprint density at radius 2 is 1.13 bits per heavy atom. The van der Waals surface area contributed by atoms with Crippen LogP contribution >= 0.6 is 0 Å². The Hall–Kier alpha value is -6.68. The average molecular weight is 1100 g/mol. The number of nitrogens with zero attached hydrogens (tertiary/aromatic N) is 4. The Morgan fingerprint density at radius 3 is 1.77 bits per heavy atom. The number of anilines is 2. The predicted octanol–water partition coefficient (Wildman–Crippen LogP) is 16.5. The van der Waals surface area contributed by atoms with Crippen molar-refractivity contribution < 1.29 is 25.8 Å². The first-order chi connectivity index (χ1) is 32.9. The zero-order chi connectivity index (χ0) is 48.3. The maximum Gasteiger partial charge on any atom is 0.135 e. The van der Waals surface area contributed by atoms with Gasteiger partial charge in [0.1, 0.15) is 5.82 Å². The zero-order valence-electron chi connectivity index (χ0n) is 41.9. The van der Waals surface area contributed by atoms with Crippen molar-refractivity contribution in [3.63, 3.8) is 0 Å². The van der Waals surface area contributed by atoms with E-state index in [1.54, 1.807) is 0 Å². The van der Waals surface area contributed by atoms with Gasteiger partial charge >= 0.3 is 0 Å².